The van der Waals surface area contributed by atoms with E-state index < -0.39 is 0 Å². The Balaban J connectivity index is 2.55. The van der Waals surface area contributed by atoms with E-state index in [9.17, 15) is 0 Å². The second-order valence-electron chi connectivity index (χ2n) is 4.68. The number of halogens is 3. The van der Waals surface area contributed by atoms with E-state index in [0.29, 0.717) is 10.0 Å². The number of nitrogens with one attached hydrogen (secondary N) is 1. The van der Waals surface area contributed by atoms with Crippen molar-refractivity contribution >= 4 is 39.1 Å². The van der Waals surface area contributed by atoms with Crippen LogP contribution in [0.4, 0.5) is 0 Å². The summed E-state index contributed by atoms with van der Waals surface area (Å²) in [5, 5.41) is 5.51. The molecule has 0 saturated heterocycles. The first kappa shape index (κ1) is 15.8. The highest BCUT2D eigenvalue weighted by molar-refractivity contribution is 9.10. The molecule has 20 heavy (non-hydrogen) atoms. The normalized spacial score (nSPS) is 12.9. The summed E-state index contributed by atoms with van der Waals surface area (Å²) in [7, 11) is 0. The number of hydrogen-bond donors (Lipinski definition) is 2. The first-order chi connectivity index (χ1) is 9.45. The summed E-state index contributed by atoms with van der Waals surface area (Å²) in [6.07, 6.45) is 1.75. The zero-order chi connectivity index (χ0) is 14.9. The van der Waals surface area contributed by atoms with Gasteiger partial charge in [-0.1, -0.05) is 29.3 Å². The summed E-state index contributed by atoms with van der Waals surface area (Å²) in [6.45, 7) is 4.11. The molecule has 0 aliphatic heterocycles. The molecule has 1 atom stereocenters. The predicted molar refractivity (Wildman–Crippen MR) is 85.9 cm³/mol. The highest BCUT2D eigenvalue weighted by Gasteiger charge is 2.24. The Labute approximate surface area is 136 Å². The van der Waals surface area contributed by atoms with Gasteiger partial charge in [0.1, 0.15) is 0 Å². The Kier molecular flexibility index (Phi) is 5.09. The van der Waals surface area contributed by atoms with E-state index in [4.69, 9.17) is 29.0 Å². The highest BCUT2D eigenvalue weighted by atomic mass is 79.9. The first-order valence-corrected chi connectivity index (χ1v) is 7.64. The molecular weight excluding hydrogens is 363 g/mol. The van der Waals surface area contributed by atoms with Gasteiger partial charge in [-0.2, -0.15) is 5.10 Å². The maximum atomic E-state index is 6.28. The van der Waals surface area contributed by atoms with Crippen molar-refractivity contribution in [1.82, 2.24) is 15.2 Å². The van der Waals surface area contributed by atoms with Crippen LogP contribution in [0.2, 0.25) is 10.0 Å². The molecule has 4 nitrogen and oxygen atoms in total. The third kappa shape index (κ3) is 3.02. The van der Waals surface area contributed by atoms with E-state index in [1.54, 1.807) is 18.3 Å². The Hall–Kier alpha value is -0.590. The third-order valence-electron chi connectivity index (χ3n) is 2.99. The smallest absolute Gasteiger partial charge is 0.0904 e. The molecular formula is C13H15BrCl2N4. The number of benzene rings is 1. The molecule has 0 aliphatic carbocycles. The Morgan fingerprint density at radius 1 is 1.35 bits per heavy atom. The van der Waals surface area contributed by atoms with Crippen LogP contribution in [0.1, 0.15) is 37.2 Å². The molecule has 3 N–H and O–H groups in total. The molecule has 0 fully saturated rings. The van der Waals surface area contributed by atoms with Crippen molar-refractivity contribution in [2.45, 2.75) is 25.9 Å². The fourth-order valence-electron chi connectivity index (χ4n) is 2.08. The van der Waals surface area contributed by atoms with Gasteiger partial charge in [0.2, 0.25) is 0 Å². The molecule has 1 unspecified atom stereocenters. The summed E-state index contributed by atoms with van der Waals surface area (Å²) < 4.78 is 2.78. The quantitative estimate of drug-likeness (QED) is 0.623. The molecule has 0 bridgehead atoms. The average molecular weight is 378 g/mol. The van der Waals surface area contributed by atoms with Crippen molar-refractivity contribution in [3.63, 3.8) is 0 Å². The van der Waals surface area contributed by atoms with Gasteiger partial charge in [-0.25, -0.2) is 5.43 Å². The number of rotatable bonds is 4. The number of hydrazine groups is 1. The van der Waals surface area contributed by atoms with E-state index in [2.05, 4.69) is 40.3 Å². The van der Waals surface area contributed by atoms with Crippen molar-refractivity contribution in [1.29, 1.82) is 0 Å². The number of nitrogens with two attached hydrogens (primary N) is 1. The second kappa shape index (κ2) is 6.45. The maximum absolute atomic E-state index is 6.28. The van der Waals surface area contributed by atoms with Gasteiger partial charge in [-0.05, 0) is 47.5 Å². The van der Waals surface area contributed by atoms with Gasteiger partial charge in [0.05, 0.1) is 22.4 Å². The van der Waals surface area contributed by atoms with Crippen LogP contribution in [0.15, 0.2) is 28.9 Å². The lowest BCUT2D eigenvalue weighted by molar-refractivity contribution is 0.475. The van der Waals surface area contributed by atoms with Gasteiger partial charge >= 0.3 is 0 Å². The fraction of sp³-hybridized carbons (Fsp3) is 0.308. The summed E-state index contributed by atoms with van der Waals surface area (Å²) in [5.74, 6) is 5.74. The summed E-state index contributed by atoms with van der Waals surface area (Å²) in [5.41, 5.74) is 4.57. The van der Waals surface area contributed by atoms with Gasteiger partial charge in [0.15, 0.2) is 0 Å². The molecule has 1 aromatic heterocycles. The minimum Gasteiger partial charge on any atom is -0.271 e. The number of hydrogen-bond acceptors (Lipinski definition) is 3. The lowest BCUT2D eigenvalue weighted by Gasteiger charge is -2.21. The van der Waals surface area contributed by atoms with Gasteiger partial charge in [-0.15, -0.1) is 0 Å². The van der Waals surface area contributed by atoms with E-state index in [1.807, 2.05) is 10.7 Å². The monoisotopic (exact) mass is 376 g/mol. The minimum absolute atomic E-state index is 0.207. The third-order valence-corrected chi connectivity index (χ3v) is 4.16. The Bertz CT molecular complexity index is 612. The average Bonchev–Trinajstić information content (AvgIpc) is 2.75. The zero-order valence-corrected chi connectivity index (χ0v) is 14.2. The van der Waals surface area contributed by atoms with Crippen LogP contribution in [0.25, 0.3) is 0 Å². The second-order valence-corrected chi connectivity index (χ2v) is 6.38. The number of nitrogens with zero attached hydrogens (tertiary/aromatic N) is 2. The molecule has 1 heterocycles. The standard InChI is InChI=1S/C13H15BrCl2N4/c1-7(2)20-13(10(14)6-18-20)12(19-17)9-4-3-8(15)5-11(9)16/h3-7,12,19H,17H2,1-2H3. The Morgan fingerprint density at radius 3 is 2.60 bits per heavy atom. The van der Waals surface area contributed by atoms with Crippen molar-refractivity contribution in [2.75, 3.05) is 0 Å². The van der Waals surface area contributed by atoms with Crippen LogP contribution in [0, 0.1) is 0 Å². The lowest BCUT2D eigenvalue weighted by Crippen LogP contribution is -2.31. The zero-order valence-electron chi connectivity index (χ0n) is 11.1. The summed E-state index contributed by atoms with van der Waals surface area (Å²) in [4.78, 5) is 0. The van der Waals surface area contributed by atoms with Gasteiger partial charge < -0.3 is 0 Å². The first-order valence-electron chi connectivity index (χ1n) is 6.09. The van der Waals surface area contributed by atoms with Crippen LogP contribution >= 0.6 is 39.1 Å². The van der Waals surface area contributed by atoms with Crippen molar-refractivity contribution in [3.05, 3.63) is 50.2 Å². The Morgan fingerprint density at radius 2 is 2.05 bits per heavy atom. The van der Waals surface area contributed by atoms with Gasteiger partial charge in [0.25, 0.3) is 0 Å². The van der Waals surface area contributed by atoms with Gasteiger partial charge in [0, 0.05) is 16.1 Å². The predicted octanol–water partition coefficient (Wildman–Crippen LogP) is 4.09. The molecule has 0 amide bonds. The molecule has 108 valence electrons. The summed E-state index contributed by atoms with van der Waals surface area (Å²) in [6, 6.07) is 5.28. The molecule has 1 aromatic carbocycles. The van der Waals surface area contributed by atoms with Crippen LogP contribution in [-0.2, 0) is 0 Å². The highest BCUT2D eigenvalue weighted by Crippen LogP contribution is 2.34. The van der Waals surface area contributed by atoms with Crippen LogP contribution < -0.4 is 11.3 Å². The number of aromatic nitrogens is 2. The fourth-order valence-corrected chi connectivity index (χ4v) is 3.10. The topological polar surface area (TPSA) is 55.9 Å². The van der Waals surface area contributed by atoms with E-state index in [-0.39, 0.29) is 12.1 Å². The molecule has 0 radical (unpaired) electrons. The van der Waals surface area contributed by atoms with E-state index >= 15 is 0 Å². The van der Waals surface area contributed by atoms with Crippen LogP contribution in [-0.4, -0.2) is 9.78 Å². The molecule has 2 rings (SSSR count). The van der Waals surface area contributed by atoms with E-state index in [1.165, 1.54) is 0 Å². The molecule has 0 spiro atoms. The molecule has 2 aromatic rings. The van der Waals surface area contributed by atoms with Crippen LogP contribution in [0.3, 0.4) is 0 Å². The lowest BCUT2D eigenvalue weighted by atomic mass is 10.0. The SMILES string of the molecule is CC(C)n1ncc(Br)c1C(NN)c1ccc(Cl)cc1Cl. The summed E-state index contributed by atoms with van der Waals surface area (Å²) >= 11 is 15.7. The van der Waals surface area contributed by atoms with Crippen LogP contribution in [0.5, 0.6) is 0 Å². The minimum atomic E-state index is -0.279. The van der Waals surface area contributed by atoms with Crippen molar-refractivity contribution in [2.24, 2.45) is 5.84 Å². The molecule has 7 heteroatoms. The maximum Gasteiger partial charge on any atom is 0.0904 e. The van der Waals surface area contributed by atoms with E-state index in [0.717, 1.165) is 15.7 Å². The molecule has 0 aliphatic rings. The van der Waals surface area contributed by atoms with Gasteiger partial charge in [-0.3, -0.25) is 10.5 Å². The van der Waals surface area contributed by atoms with Crippen molar-refractivity contribution < 1.29 is 0 Å². The van der Waals surface area contributed by atoms with Crippen molar-refractivity contribution in [3.8, 4) is 0 Å². The molecule has 0 saturated carbocycles. The largest absolute Gasteiger partial charge is 0.271 e.